The second-order valence-corrected chi connectivity index (χ2v) is 17.3. The Hall–Kier alpha value is -5.40. The zero-order chi connectivity index (χ0) is 38.5. The first-order valence-electron chi connectivity index (χ1n) is 20.8. The van der Waals surface area contributed by atoms with Crippen molar-refractivity contribution in [3.63, 3.8) is 0 Å². The molecule has 0 amide bonds. The third-order valence-corrected chi connectivity index (χ3v) is 12.9. The molecule has 9 rings (SSSR count). The molecule has 0 aromatic heterocycles. The number of aryl methyl sites for hydroxylation is 7. The van der Waals surface area contributed by atoms with Crippen LogP contribution in [0.15, 0.2) is 140 Å². The Morgan fingerprint density at radius 2 is 1.04 bits per heavy atom. The highest BCUT2D eigenvalue weighted by molar-refractivity contribution is 6.96. The Balaban J connectivity index is 1.31. The van der Waals surface area contributed by atoms with Gasteiger partial charge in [0.2, 0.25) is 6.71 Å². The maximum atomic E-state index is 2.62. The molecule has 2 aliphatic rings. The van der Waals surface area contributed by atoms with E-state index in [1.54, 1.807) is 11.0 Å². The lowest BCUT2D eigenvalue weighted by atomic mass is 9.33. The van der Waals surface area contributed by atoms with Crippen LogP contribution in [0.25, 0.3) is 22.3 Å². The van der Waals surface area contributed by atoms with Crippen LogP contribution >= 0.6 is 0 Å². The van der Waals surface area contributed by atoms with Crippen molar-refractivity contribution in [3.8, 4) is 22.3 Å². The molecule has 2 atom stereocenters. The summed E-state index contributed by atoms with van der Waals surface area (Å²) in [6, 6.07) is 54.8. The quantitative estimate of drug-likeness (QED) is 0.150. The largest absolute Gasteiger partial charge is 0.242 e. The lowest BCUT2D eigenvalue weighted by molar-refractivity contribution is 0.624. The predicted molar refractivity (Wildman–Crippen MR) is 241 cm³/mol. The number of hydrogen-bond acceptors (Lipinski definition) is 0. The molecular weight excluding hydrogens is 671 g/mol. The van der Waals surface area contributed by atoms with E-state index in [0.717, 1.165) is 32.1 Å². The Labute approximate surface area is 335 Å². The molecule has 2 aliphatic heterocycles. The van der Waals surface area contributed by atoms with Gasteiger partial charge in [0.25, 0.3) is 0 Å². The number of hydrogen-bond donors (Lipinski definition) is 0. The minimum Gasteiger partial charge on any atom is -0.0652 e. The van der Waals surface area contributed by atoms with Crippen LogP contribution in [-0.2, 0) is 25.7 Å². The maximum absolute atomic E-state index is 2.62. The average molecular weight is 725 g/mol. The first-order chi connectivity index (χ1) is 27.2. The third-order valence-electron chi connectivity index (χ3n) is 12.9. The van der Waals surface area contributed by atoms with E-state index >= 15 is 0 Å². The van der Waals surface area contributed by atoms with Gasteiger partial charge in [-0.25, -0.2) is 0 Å². The van der Waals surface area contributed by atoms with E-state index in [4.69, 9.17) is 0 Å². The highest BCUT2D eigenvalue weighted by Crippen LogP contribution is 2.39. The van der Waals surface area contributed by atoms with Gasteiger partial charge in [0.15, 0.2) is 0 Å². The summed E-state index contributed by atoms with van der Waals surface area (Å²) < 4.78 is 0. The Morgan fingerprint density at radius 1 is 0.446 bits per heavy atom. The van der Waals surface area contributed by atoms with Crippen LogP contribution < -0.4 is 16.4 Å². The van der Waals surface area contributed by atoms with E-state index < -0.39 is 0 Å². The van der Waals surface area contributed by atoms with Crippen molar-refractivity contribution >= 4 is 23.1 Å². The van der Waals surface area contributed by atoms with Crippen LogP contribution in [0.5, 0.6) is 0 Å². The van der Waals surface area contributed by atoms with Gasteiger partial charge in [0, 0.05) is 0 Å². The molecule has 1 heteroatoms. The Morgan fingerprint density at radius 3 is 1.73 bits per heavy atom. The fraction of sp³-hybridized carbons (Fsp3) is 0.236. The number of fused-ring (bicyclic) bond motifs is 4. The number of rotatable bonds is 6. The Kier molecular flexibility index (Phi) is 9.66. The van der Waals surface area contributed by atoms with Gasteiger partial charge in [-0.15, -0.1) is 0 Å². The second kappa shape index (κ2) is 14.9. The van der Waals surface area contributed by atoms with E-state index in [9.17, 15) is 0 Å². The predicted octanol–water partition coefficient (Wildman–Crippen LogP) is 11.5. The van der Waals surface area contributed by atoms with Crippen molar-refractivity contribution in [2.75, 3.05) is 0 Å². The summed E-state index contributed by atoms with van der Waals surface area (Å²) in [6.45, 7) is 13.6. The van der Waals surface area contributed by atoms with Gasteiger partial charge < -0.3 is 0 Å². The first-order valence-corrected chi connectivity index (χ1v) is 20.8. The van der Waals surface area contributed by atoms with Crippen LogP contribution in [-0.4, -0.2) is 6.71 Å². The lowest BCUT2D eigenvalue weighted by Gasteiger charge is -2.32. The van der Waals surface area contributed by atoms with Gasteiger partial charge >= 0.3 is 0 Å². The molecule has 2 unspecified atom stereocenters. The summed E-state index contributed by atoms with van der Waals surface area (Å²) in [6.07, 6.45) is 5.26. The molecule has 2 heterocycles. The smallest absolute Gasteiger partial charge is 0.0652 e. The van der Waals surface area contributed by atoms with Gasteiger partial charge in [-0.05, 0) is 124 Å². The van der Waals surface area contributed by atoms with Gasteiger partial charge in [0.1, 0.15) is 0 Å². The van der Waals surface area contributed by atoms with Crippen molar-refractivity contribution in [1.82, 2.24) is 0 Å². The van der Waals surface area contributed by atoms with Crippen molar-refractivity contribution in [2.45, 2.75) is 85.5 Å². The van der Waals surface area contributed by atoms with E-state index in [1.165, 1.54) is 94.4 Å². The van der Waals surface area contributed by atoms with Crippen LogP contribution in [0.3, 0.4) is 0 Å². The van der Waals surface area contributed by atoms with Crippen LogP contribution in [0.4, 0.5) is 0 Å². The summed E-state index contributed by atoms with van der Waals surface area (Å²) in [5, 5.41) is 0. The summed E-state index contributed by atoms with van der Waals surface area (Å²) >= 11 is 0. The molecular formula is C55H53B. The fourth-order valence-electron chi connectivity index (χ4n) is 9.97. The molecule has 56 heavy (non-hydrogen) atoms. The number of benzene rings is 7. The average Bonchev–Trinajstić information content (AvgIpc) is 3.31. The standard InChI is InChI=1S/C55H53B/c1-35-10-17-41(18-11-35)19-24-44-30-45-22-14-39(5)28-53(45)56-54-29-40(6)15-23-46(54)31-48(50-25-16-38(4)27-51(50)42-20-12-36(2)13-21-42)33-49-32-47(34-52(44)55(49)56)43-9-7-8-37(3)26-43/h7-18,20-23,25-29,32,34,44,48H,19,24,30-31,33H2,1-6H3. The molecule has 0 saturated heterocycles. The van der Waals surface area contributed by atoms with Crippen molar-refractivity contribution in [2.24, 2.45) is 0 Å². The molecule has 7 aromatic rings. The summed E-state index contributed by atoms with van der Waals surface area (Å²) in [5.74, 6) is 0.715. The normalized spacial score (nSPS) is 15.9. The molecule has 276 valence electrons. The zero-order valence-electron chi connectivity index (χ0n) is 34.0. The van der Waals surface area contributed by atoms with Crippen LogP contribution in [0.2, 0.25) is 0 Å². The molecule has 0 radical (unpaired) electrons. The van der Waals surface area contributed by atoms with E-state index in [-0.39, 0.29) is 6.71 Å². The van der Waals surface area contributed by atoms with Crippen molar-refractivity contribution in [3.05, 3.63) is 206 Å². The molecule has 0 N–H and O–H groups in total. The summed E-state index contributed by atoms with van der Waals surface area (Å²) in [4.78, 5) is 0. The lowest BCUT2D eigenvalue weighted by Crippen LogP contribution is -2.57. The fourth-order valence-corrected chi connectivity index (χ4v) is 9.97. The first kappa shape index (κ1) is 36.3. The topological polar surface area (TPSA) is 0 Å². The van der Waals surface area contributed by atoms with Crippen LogP contribution in [0.1, 0.15) is 85.0 Å². The molecule has 0 bridgehead atoms. The maximum Gasteiger partial charge on any atom is 0.242 e. The third kappa shape index (κ3) is 7.09. The molecule has 7 aromatic carbocycles. The minimum absolute atomic E-state index is 0.191. The van der Waals surface area contributed by atoms with E-state index in [2.05, 4.69) is 181 Å². The second-order valence-electron chi connectivity index (χ2n) is 17.3. The molecule has 0 spiro atoms. The van der Waals surface area contributed by atoms with Crippen molar-refractivity contribution < 1.29 is 0 Å². The highest BCUT2D eigenvalue weighted by atomic mass is 14.3. The van der Waals surface area contributed by atoms with E-state index in [1.807, 2.05) is 0 Å². The Bertz CT molecular complexity index is 2570. The van der Waals surface area contributed by atoms with Gasteiger partial charge in [-0.3, -0.25) is 0 Å². The molecule has 0 saturated carbocycles. The van der Waals surface area contributed by atoms with Crippen molar-refractivity contribution in [1.29, 1.82) is 0 Å². The monoisotopic (exact) mass is 724 g/mol. The molecule has 0 fully saturated rings. The molecule has 0 nitrogen and oxygen atoms in total. The zero-order valence-corrected chi connectivity index (χ0v) is 34.0. The van der Waals surface area contributed by atoms with Gasteiger partial charge in [0.05, 0.1) is 0 Å². The SMILES string of the molecule is Cc1ccc(CCC2Cc3ccc(C)cc3B3c4cc(C)ccc4CC(c4ccc(C)cc4-c4ccc(C)cc4)Cc4cc(-c5cccc(C)c5)cc2c43)cc1. The van der Waals surface area contributed by atoms with Gasteiger partial charge in [-0.2, -0.15) is 0 Å². The summed E-state index contributed by atoms with van der Waals surface area (Å²) in [7, 11) is 0. The molecule has 0 aliphatic carbocycles. The van der Waals surface area contributed by atoms with Gasteiger partial charge in [-0.1, -0.05) is 206 Å². The summed E-state index contributed by atoms with van der Waals surface area (Å²) in [5.41, 5.74) is 26.8. The minimum atomic E-state index is 0.191. The van der Waals surface area contributed by atoms with Crippen LogP contribution in [0, 0.1) is 41.5 Å². The highest BCUT2D eigenvalue weighted by Gasteiger charge is 2.38. The van der Waals surface area contributed by atoms with E-state index in [0.29, 0.717) is 11.8 Å².